The van der Waals surface area contributed by atoms with Crippen LogP contribution in [0.15, 0.2) is 62.1 Å². The first-order valence-corrected chi connectivity index (χ1v) is 13.2. The van der Waals surface area contributed by atoms with Gasteiger partial charge in [0.1, 0.15) is 11.2 Å². The maximum atomic E-state index is 4.77. The van der Waals surface area contributed by atoms with Gasteiger partial charge >= 0.3 is 0 Å². The number of H-pyrrole nitrogens is 2. The molecule has 39 heavy (non-hydrogen) atoms. The zero-order chi connectivity index (χ0) is 26.9. The second-order valence-electron chi connectivity index (χ2n) is 9.99. The largest absolute Gasteiger partial charge is 0.358 e. The Labute approximate surface area is 226 Å². The van der Waals surface area contributed by atoms with Crippen LogP contribution in [0.1, 0.15) is 43.9 Å². The molecule has 0 radical (unpaired) electrons. The van der Waals surface area contributed by atoms with Crippen LogP contribution in [0.2, 0.25) is 0 Å². The van der Waals surface area contributed by atoms with Crippen LogP contribution in [0.25, 0.3) is 46.1 Å². The van der Waals surface area contributed by atoms with E-state index in [1.165, 1.54) is 25.7 Å². The van der Waals surface area contributed by atoms with Crippen molar-refractivity contribution in [1.82, 2.24) is 39.7 Å². The second kappa shape index (κ2) is 10.2. The van der Waals surface area contributed by atoms with Crippen molar-refractivity contribution in [3.63, 3.8) is 0 Å². The lowest BCUT2D eigenvalue weighted by Gasteiger charge is -2.16. The summed E-state index contributed by atoms with van der Waals surface area (Å²) in [5.74, 6) is 1.14. The Morgan fingerprint density at radius 2 is 2.03 bits per heavy atom. The molecule has 5 aromatic heterocycles. The summed E-state index contributed by atoms with van der Waals surface area (Å²) in [4.78, 5) is 21.5. The molecule has 5 heterocycles. The molecular formula is C30H31N9. The summed E-state index contributed by atoms with van der Waals surface area (Å²) in [6.45, 7) is 12.6. The van der Waals surface area contributed by atoms with Crippen LogP contribution in [-0.4, -0.2) is 39.7 Å². The Morgan fingerprint density at radius 3 is 2.79 bits per heavy atom. The topological polar surface area (TPSA) is 113 Å². The normalized spacial score (nSPS) is 14.9. The molecule has 1 saturated carbocycles. The van der Waals surface area contributed by atoms with E-state index in [0.717, 1.165) is 50.0 Å². The molecule has 196 valence electrons. The highest BCUT2D eigenvalue weighted by atomic mass is 15.1. The Hall–Kier alpha value is -4.79. The molecule has 0 saturated heterocycles. The fraction of sp³-hybridized carbons (Fsp3) is 0.233. The van der Waals surface area contributed by atoms with Crippen molar-refractivity contribution < 1.29 is 0 Å². The third-order valence-electron chi connectivity index (χ3n) is 7.29. The number of aryl methyl sites for hydroxylation is 1. The van der Waals surface area contributed by atoms with E-state index in [1.54, 1.807) is 12.5 Å². The first-order chi connectivity index (χ1) is 19.0. The van der Waals surface area contributed by atoms with Gasteiger partial charge in [-0.05, 0) is 56.4 Å². The van der Waals surface area contributed by atoms with Crippen LogP contribution >= 0.6 is 0 Å². The average molecular weight is 518 g/mol. The molecule has 0 aromatic carbocycles. The van der Waals surface area contributed by atoms with Crippen LogP contribution in [0.3, 0.4) is 0 Å². The van der Waals surface area contributed by atoms with E-state index in [2.05, 4.69) is 54.7 Å². The number of imidazole rings is 2. The van der Waals surface area contributed by atoms with Gasteiger partial charge in [0.2, 0.25) is 0 Å². The first-order valence-electron chi connectivity index (χ1n) is 13.2. The van der Waals surface area contributed by atoms with Gasteiger partial charge < -0.3 is 14.9 Å². The van der Waals surface area contributed by atoms with Crippen molar-refractivity contribution in [2.24, 2.45) is 5.92 Å². The minimum atomic E-state index is 0.524. The fourth-order valence-corrected chi connectivity index (χ4v) is 5.19. The quantitative estimate of drug-likeness (QED) is 0.290. The number of rotatable bonds is 7. The minimum absolute atomic E-state index is 0.524. The van der Waals surface area contributed by atoms with Crippen molar-refractivity contribution in [1.29, 1.82) is 0 Å². The number of aromatic nitrogens is 8. The minimum Gasteiger partial charge on any atom is -0.358 e. The number of hydrogen-bond acceptors (Lipinski definition) is 6. The van der Waals surface area contributed by atoms with Gasteiger partial charge in [0.05, 0.1) is 34.9 Å². The number of nitrogens with zero attached hydrogens (tertiary/aromatic N) is 6. The van der Waals surface area contributed by atoms with Crippen molar-refractivity contribution in [2.75, 3.05) is 5.32 Å². The molecule has 0 spiro atoms. The standard InChI is InChI=1S/C30H31N9/c1-5-25-24(12-18(2)22-13-23(15-31-14-22)34-20(4)21-8-6-7-9-21)27(38-37-25)30-35-28-26(10-11-32-29(28)36-30)39-16-19(3)33-17-39/h5,10-17,21,34,37H,2,4,6-9H2,1,3H3,(H,32,35,36)/b24-12+,25-5+. The summed E-state index contributed by atoms with van der Waals surface area (Å²) in [5, 5.41) is 13.0. The van der Waals surface area contributed by atoms with Crippen molar-refractivity contribution >= 4 is 34.6 Å². The van der Waals surface area contributed by atoms with Crippen LogP contribution in [0.5, 0.6) is 0 Å². The van der Waals surface area contributed by atoms with Gasteiger partial charge in [-0.1, -0.05) is 32.1 Å². The Morgan fingerprint density at radius 1 is 1.18 bits per heavy atom. The number of fused-ring (bicyclic) bond motifs is 1. The van der Waals surface area contributed by atoms with Gasteiger partial charge in [-0.15, -0.1) is 0 Å². The summed E-state index contributed by atoms with van der Waals surface area (Å²) >= 11 is 0. The van der Waals surface area contributed by atoms with Crippen LogP contribution in [0.4, 0.5) is 5.69 Å². The maximum absolute atomic E-state index is 4.77. The second-order valence-corrected chi connectivity index (χ2v) is 9.99. The zero-order valence-corrected chi connectivity index (χ0v) is 22.2. The molecule has 0 aliphatic heterocycles. The van der Waals surface area contributed by atoms with Gasteiger partial charge in [0, 0.05) is 35.1 Å². The highest BCUT2D eigenvalue weighted by molar-refractivity contribution is 5.89. The van der Waals surface area contributed by atoms with Crippen molar-refractivity contribution in [3.05, 3.63) is 83.9 Å². The summed E-state index contributed by atoms with van der Waals surface area (Å²) in [6, 6.07) is 4.00. The van der Waals surface area contributed by atoms with Gasteiger partial charge in [0.15, 0.2) is 11.5 Å². The Balaban J connectivity index is 1.36. The lowest BCUT2D eigenvalue weighted by molar-refractivity contribution is 0.649. The number of nitrogens with one attached hydrogen (secondary N) is 3. The number of pyridine rings is 2. The molecule has 6 rings (SSSR count). The third-order valence-corrected chi connectivity index (χ3v) is 7.29. The van der Waals surface area contributed by atoms with E-state index in [0.29, 0.717) is 23.1 Å². The third kappa shape index (κ3) is 4.79. The lowest BCUT2D eigenvalue weighted by atomic mass is 10.0. The smallest absolute Gasteiger partial charge is 0.180 e. The van der Waals surface area contributed by atoms with E-state index in [4.69, 9.17) is 4.98 Å². The number of anilines is 1. The average Bonchev–Trinajstić information content (AvgIpc) is 3.75. The number of hydrogen-bond donors (Lipinski definition) is 3. The number of allylic oxidation sites excluding steroid dienone is 2. The van der Waals surface area contributed by atoms with E-state index in [1.807, 2.05) is 55.2 Å². The monoisotopic (exact) mass is 517 g/mol. The van der Waals surface area contributed by atoms with Crippen molar-refractivity contribution in [3.8, 4) is 17.2 Å². The highest BCUT2D eigenvalue weighted by Crippen LogP contribution is 2.31. The SMILES string of the molecule is C=C(/C=c1/c(-c2nc3nccc(-n4cnc(C)c4)c3[nH]2)n[nH]/c1=C/C)c1cncc(NC(=C)C2CCCC2)c1. The fourth-order valence-electron chi connectivity index (χ4n) is 5.19. The van der Waals surface area contributed by atoms with Gasteiger partial charge in [-0.3, -0.25) is 10.1 Å². The summed E-state index contributed by atoms with van der Waals surface area (Å²) < 4.78 is 1.96. The summed E-state index contributed by atoms with van der Waals surface area (Å²) in [7, 11) is 0. The molecule has 9 heteroatoms. The van der Waals surface area contributed by atoms with Crippen LogP contribution < -0.4 is 15.9 Å². The number of aromatic amines is 2. The Bertz CT molecular complexity index is 1810. The molecule has 0 amide bonds. The van der Waals surface area contributed by atoms with E-state index < -0.39 is 0 Å². The highest BCUT2D eigenvalue weighted by Gasteiger charge is 2.18. The van der Waals surface area contributed by atoms with Crippen molar-refractivity contribution in [2.45, 2.75) is 39.5 Å². The molecule has 5 aromatic rings. The first kappa shape index (κ1) is 24.5. The predicted octanol–water partition coefficient (Wildman–Crippen LogP) is 4.65. The Kier molecular flexibility index (Phi) is 6.40. The van der Waals surface area contributed by atoms with Crippen LogP contribution in [-0.2, 0) is 0 Å². The van der Waals surface area contributed by atoms with E-state index in [-0.39, 0.29) is 0 Å². The van der Waals surface area contributed by atoms with Gasteiger partial charge in [0.25, 0.3) is 0 Å². The molecule has 1 aliphatic carbocycles. The molecule has 0 atom stereocenters. The molecular weight excluding hydrogens is 486 g/mol. The van der Waals surface area contributed by atoms with Gasteiger partial charge in [-0.2, -0.15) is 5.10 Å². The predicted molar refractivity (Wildman–Crippen MR) is 155 cm³/mol. The molecule has 1 aliphatic rings. The van der Waals surface area contributed by atoms with E-state index in [9.17, 15) is 0 Å². The molecule has 0 unspecified atom stereocenters. The summed E-state index contributed by atoms with van der Waals surface area (Å²) in [6.07, 6.45) is 18.1. The molecule has 9 nitrogen and oxygen atoms in total. The molecule has 3 N–H and O–H groups in total. The molecule has 0 bridgehead atoms. The summed E-state index contributed by atoms with van der Waals surface area (Å²) in [5.41, 5.74) is 7.66. The molecule has 1 fully saturated rings. The van der Waals surface area contributed by atoms with Gasteiger partial charge in [-0.25, -0.2) is 15.0 Å². The van der Waals surface area contributed by atoms with Crippen LogP contribution in [0, 0.1) is 12.8 Å². The van der Waals surface area contributed by atoms with E-state index >= 15 is 0 Å². The maximum Gasteiger partial charge on any atom is 0.180 e. The zero-order valence-electron chi connectivity index (χ0n) is 22.2. The lowest BCUT2D eigenvalue weighted by Crippen LogP contribution is -2.23.